The number of nitriles is 1. The van der Waals surface area contributed by atoms with Crippen LogP contribution in [-0.2, 0) is 0 Å². The van der Waals surface area contributed by atoms with Crippen LogP contribution in [-0.4, -0.2) is 12.1 Å². The van der Waals surface area contributed by atoms with Gasteiger partial charge in [0, 0.05) is 16.1 Å². The molecule has 0 amide bonds. The first-order valence-corrected chi connectivity index (χ1v) is 7.61. The molecule has 0 unspecified atom stereocenters. The molecule has 0 aliphatic carbocycles. The van der Waals surface area contributed by atoms with E-state index in [0.717, 1.165) is 11.1 Å². The summed E-state index contributed by atoms with van der Waals surface area (Å²) >= 11 is 6.26. The lowest BCUT2D eigenvalue weighted by Gasteiger charge is -2.12. The van der Waals surface area contributed by atoms with Crippen LogP contribution < -0.4 is 10.5 Å². The molecule has 1 aromatic heterocycles. The molecule has 0 fully saturated rings. The van der Waals surface area contributed by atoms with Crippen LogP contribution in [0.5, 0.6) is 5.75 Å². The second kappa shape index (κ2) is 6.61. The molecule has 0 bridgehead atoms. The Morgan fingerprint density at radius 3 is 2.58 bits per heavy atom. The second-order valence-corrected chi connectivity index (χ2v) is 5.55. The third-order valence-electron chi connectivity index (χ3n) is 3.69. The minimum absolute atomic E-state index is 0.174. The van der Waals surface area contributed by atoms with Crippen LogP contribution in [0.1, 0.15) is 5.56 Å². The summed E-state index contributed by atoms with van der Waals surface area (Å²) in [5.74, 6) is 0.874. The first kappa shape index (κ1) is 15.9. The van der Waals surface area contributed by atoms with Crippen molar-refractivity contribution in [2.45, 2.75) is 0 Å². The van der Waals surface area contributed by atoms with Gasteiger partial charge in [-0.15, -0.1) is 0 Å². The Kier molecular flexibility index (Phi) is 4.37. The number of ether oxygens (including phenoxy) is 1. The lowest BCUT2D eigenvalue weighted by molar-refractivity contribution is 0.415. The number of halogens is 1. The molecule has 3 rings (SSSR count). The standard InChI is InChI=1S/C19H14ClN3O/c1-24-13-6-4-5-12(9-13)15-10-18(23-19(22)16(15)11-21)14-7-2-3-8-17(14)20/h2-10H,1H3,(H2,22,23). The van der Waals surface area contributed by atoms with Crippen LogP contribution in [0, 0.1) is 11.3 Å². The first-order chi connectivity index (χ1) is 11.6. The molecular formula is C19H14ClN3O. The molecule has 0 saturated heterocycles. The van der Waals surface area contributed by atoms with Crippen molar-refractivity contribution in [2.24, 2.45) is 0 Å². The van der Waals surface area contributed by atoms with Crippen molar-refractivity contribution >= 4 is 17.4 Å². The number of pyridine rings is 1. The summed E-state index contributed by atoms with van der Waals surface area (Å²) in [6, 6.07) is 18.8. The van der Waals surface area contributed by atoms with Crippen LogP contribution in [0.2, 0.25) is 5.02 Å². The summed E-state index contributed by atoms with van der Waals surface area (Å²) in [7, 11) is 1.60. The van der Waals surface area contributed by atoms with E-state index in [-0.39, 0.29) is 5.82 Å². The number of rotatable bonds is 3. The Hall–Kier alpha value is -3.03. The Bertz CT molecular complexity index is 948. The van der Waals surface area contributed by atoms with Crippen molar-refractivity contribution in [1.82, 2.24) is 4.98 Å². The Labute approximate surface area is 145 Å². The molecule has 0 saturated carbocycles. The normalized spacial score (nSPS) is 10.2. The van der Waals surface area contributed by atoms with Gasteiger partial charge < -0.3 is 10.5 Å². The van der Waals surface area contributed by atoms with Crippen LogP contribution >= 0.6 is 11.6 Å². The molecule has 1 heterocycles. The highest BCUT2D eigenvalue weighted by Gasteiger charge is 2.15. The van der Waals surface area contributed by atoms with Crippen LogP contribution in [0.25, 0.3) is 22.4 Å². The van der Waals surface area contributed by atoms with Gasteiger partial charge in [0.15, 0.2) is 0 Å². The van der Waals surface area contributed by atoms with E-state index in [4.69, 9.17) is 22.1 Å². The number of nitrogen functional groups attached to an aromatic ring is 1. The molecule has 118 valence electrons. The smallest absolute Gasteiger partial charge is 0.142 e. The minimum Gasteiger partial charge on any atom is -0.497 e. The highest BCUT2D eigenvalue weighted by Crippen LogP contribution is 2.34. The number of benzene rings is 2. The van der Waals surface area contributed by atoms with E-state index in [9.17, 15) is 5.26 Å². The zero-order valence-corrected chi connectivity index (χ0v) is 13.7. The van der Waals surface area contributed by atoms with Gasteiger partial charge in [0.2, 0.25) is 0 Å². The maximum atomic E-state index is 9.48. The number of hydrogen-bond acceptors (Lipinski definition) is 4. The van der Waals surface area contributed by atoms with Crippen molar-refractivity contribution in [3.05, 3.63) is 65.2 Å². The fourth-order valence-electron chi connectivity index (χ4n) is 2.51. The lowest BCUT2D eigenvalue weighted by atomic mass is 9.98. The molecular weight excluding hydrogens is 322 g/mol. The summed E-state index contributed by atoms with van der Waals surface area (Å²) in [6.07, 6.45) is 0. The molecule has 0 atom stereocenters. The third kappa shape index (κ3) is 2.90. The highest BCUT2D eigenvalue weighted by molar-refractivity contribution is 6.33. The van der Waals surface area contributed by atoms with E-state index in [2.05, 4.69) is 11.1 Å². The number of nitrogens with two attached hydrogens (primary N) is 1. The van der Waals surface area contributed by atoms with Gasteiger partial charge in [0.25, 0.3) is 0 Å². The van der Waals surface area contributed by atoms with Gasteiger partial charge in [-0.05, 0) is 29.8 Å². The monoisotopic (exact) mass is 335 g/mol. The summed E-state index contributed by atoms with van der Waals surface area (Å²) in [4.78, 5) is 4.34. The number of anilines is 1. The topological polar surface area (TPSA) is 71.9 Å². The second-order valence-electron chi connectivity index (χ2n) is 5.14. The SMILES string of the molecule is COc1cccc(-c2cc(-c3ccccc3Cl)nc(N)c2C#N)c1. The maximum Gasteiger partial charge on any atom is 0.142 e. The molecule has 2 aromatic carbocycles. The minimum atomic E-state index is 0.174. The Balaban J connectivity index is 2.25. The average Bonchev–Trinajstić information content (AvgIpc) is 2.61. The average molecular weight is 336 g/mol. The maximum absolute atomic E-state index is 9.48. The van der Waals surface area contributed by atoms with Gasteiger partial charge in [0.05, 0.1) is 12.8 Å². The Morgan fingerprint density at radius 1 is 1.08 bits per heavy atom. The molecule has 5 heteroatoms. The number of hydrogen-bond donors (Lipinski definition) is 1. The molecule has 0 spiro atoms. The van der Waals surface area contributed by atoms with Gasteiger partial charge in [0.1, 0.15) is 23.2 Å². The van der Waals surface area contributed by atoms with E-state index >= 15 is 0 Å². The highest BCUT2D eigenvalue weighted by atomic mass is 35.5. The summed E-state index contributed by atoms with van der Waals surface area (Å²) in [5, 5.41) is 10.1. The van der Waals surface area contributed by atoms with Crippen LogP contribution in [0.15, 0.2) is 54.6 Å². The summed E-state index contributed by atoms with van der Waals surface area (Å²) < 4.78 is 5.26. The predicted molar refractivity (Wildman–Crippen MR) is 95.8 cm³/mol. The van der Waals surface area contributed by atoms with Gasteiger partial charge in [-0.25, -0.2) is 4.98 Å². The zero-order valence-electron chi connectivity index (χ0n) is 13.0. The molecule has 0 aliphatic rings. The third-order valence-corrected chi connectivity index (χ3v) is 4.02. The summed E-state index contributed by atoms with van der Waals surface area (Å²) in [5.41, 5.74) is 9.26. The molecule has 3 aromatic rings. The molecule has 0 aliphatic heterocycles. The quantitative estimate of drug-likeness (QED) is 0.763. The molecule has 4 nitrogen and oxygen atoms in total. The van der Waals surface area contributed by atoms with E-state index in [0.29, 0.717) is 27.6 Å². The van der Waals surface area contributed by atoms with Gasteiger partial charge >= 0.3 is 0 Å². The van der Waals surface area contributed by atoms with Gasteiger partial charge in [-0.2, -0.15) is 5.26 Å². The van der Waals surface area contributed by atoms with Gasteiger partial charge in [-0.1, -0.05) is 41.9 Å². The van der Waals surface area contributed by atoms with E-state index in [1.807, 2.05) is 48.5 Å². The van der Waals surface area contributed by atoms with Crippen LogP contribution in [0.4, 0.5) is 5.82 Å². The van der Waals surface area contributed by atoms with Crippen molar-refractivity contribution < 1.29 is 4.74 Å². The van der Waals surface area contributed by atoms with E-state index in [1.54, 1.807) is 13.2 Å². The largest absolute Gasteiger partial charge is 0.497 e. The van der Waals surface area contributed by atoms with Gasteiger partial charge in [-0.3, -0.25) is 0 Å². The first-order valence-electron chi connectivity index (χ1n) is 7.24. The number of methoxy groups -OCH3 is 1. The van der Waals surface area contributed by atoms with Crippen molar-refractivity contribution in [2.75, 3.05) is 12.8 Å². The molecule has 0 radical (unpaired) electrons. The van der Waals surface area contributed by atoms with E-state index < -0.39 is 0 Å². The number of aromatic nitrogens is 1. The van der Waals surface area contributed by atoms with Crippen molar-refractivity contribution in [3.63, 3.8) is 0 Å². The van der Waals surface area contributed by atoms with Crippen molar-refractivity contribution in [3.8, 4) is 34.2 Å². The van der Waals surface area contributed by atoms with Crippen molar-refractivity contribution in [1.29, 1.82) is 5.26 Å². The molecule has 24 heavy (non-hydrogen) atoms. The molecule has 2 N–H and O–H groups in total. The zero-order chi connectivity index (χ0) is 17.1. The Morgan fingerprint density at radius 2 is 1.88 bits per heavy atom. The summed E-state index contributed by atoms with van der Waals surface area (Å²) in [6.45, 7) is 0. The fraction of sp³-hybridized carbons (Fsp3) is 0.0526. The number of nitrogens with zero attached hydrogens (tertiary/aromatic N) is 2. The lowest BCUT2D eigenvalue weighted by Crippen LogP contribution is -2.00. The predicted octanol–water partition coefficient (Wildman–Crippen LogP) is 4.53. The van der Waals surface area contributed by atoms with E-state index in [1.165, 1.54) is 0 Å². The fourth-order valence-corrected chi connectivity index (χ4v) is 2.74. The van der Waals surface area contributed by atoms with Crippen LogP contribution in [0.3, 0.4) is 0 Å².